The van der Waals surface area contributed by atoms with Crippen LogP contribution in [0.4, 0.5) is 0 Å². The summed E-state index contributed by atoms with van der Waals surface area (Å²) in [7, 11) is 4.74. The summed E-state index contributed by atoms with van der Waals surface area (Å²) < 4.78 is 28.0. The number of pyridine rings is 1. The number of ether oxygens (including phenoxy) is 3. The summed E-state index contributed by atoms with van der Waals surface area (Å²) in [5, 5.41) is 4.05. The molecule has 0 saturated heterocycles. The normalized spacial score (nSPS) is 11.3. The van der Waals surface area contributed by atoms with E-state index in [1.807, 2.05) is 55.5 Å². The summed E-state index contributed by atoms with van der Waals surface area (Å²) in [6, 6.07) is 15.4. The maximum Gasteiger partial charge on any atom is 0.203 e. The second-order valence-electron chi connectivity index (χ2n) is 8.24. The smallest absolute Gasteiger partial charge is 0.203 e. The molecule has 1 N–H and O–H groups in total. The number of rotatable bonds is 6. The van der Waals surface area contributed by atoms with Crippen molar-refractivity contribution in [3.63, 3.8) is 0 Å². The van der Waals surface area contributed by atoms with Gasteiger partial charge in [0.1, 0.15) is 22.7 Å². The van der Waals surface area contributed by atoms with Gasteiger partial charge in [0.05, 0.1) is 32.4 Å². The summed E-state index contributed by atoms with van der Waals surface area (Å²) in [5.41, 5.74) is 6.42. The van der Waals surface area contributed by atoms with E-state index >= 15 is 0 Å². The van der Waals surface area contributed by atoms with Crippen LogP contribution in [0.25, 0.3) is 56.1 Å². The van der Waals surface area contributed by atoms with Crippen molar-refractivity contribution in [2.75, 3.05) is 21.3 Å². The van der Waals surface area contributed by atoms with E-state index in [-0.39, 0.29) is 0 Å². The average molecular weight is 482 g/mol. The first-order valence-electron chi connectivity index (χ1n) is 11.2. The Balaban J connectivity index is 1.44. The van der Waals surface area contributed by atoms with Gasteiger partial charge >= 0.3 is 0 Å². The largest absolute Gasteiger partial charge is 0.493 e. The van der Waals surface area contributed by atoms with Crippen molar-refractivity contribution in [3.8, 4) is 51.2 Å². The van der Waals surface area contributed by atoms with Crippen LogP contribution in [0, 0.1) is 6.92 Å². The van der Waals surface area contributed by atoms with Gasteiger partial charge in [-0.3, -0.25) is 4.98 Å². The van der Waals surface area contributed by atoms with E-state index in [0.717, 1.165) is 39.0 Å². The van der Waals surface area contributed by atoms with E-state index in [9.17, 15) is 0 Å². The number of imidazole rings is 1. The summed E-state index contributed by atoms with van der Waals surface area (Å²) >= 11 is 0. The fourth-order valence-corrected chi connectivity index (χ4v) is 4.30. The van der Waals surface area contributed by atoms with E-state index in [1.54, 1.807) is 27.5 Å². The number of fused-ring (bicyclic) bond motifs is 2. The third-order valence-corrected chi connectivity index (χ3v) is 6.03. The minimum Gasteiger partial charge on any atom is -0.493 e. The van der Waals surface area contributed by atoms with Gasteiger partial charge in [0.15, 0.2) is 22.9 Å². The quantitative estimate of drug-likeness (QED) is 0.307. The van der Waals surface area contributed by atoms with Crippen LogP contribution in [0.5, 0.6) is 17.2 Å². The Labute approximate surface area is 205 Å². The molecule has 0 aliphatic heterocycles. The van der Waals surface area contributed by atoms with Gasteiger partial charge in [-0.25, -0.2) is 4.98 Å². The lowest BCUT2D eigenvalue weighted by Crippen LogP contribution is -1.95. The molecule has 9 heteroatoms. The molecule has 6 rings (SSSR count). The van der Waals surface area contributed by atoms with Crippen LogP contribution < -0.4 is 14.2 Å². The number of methoxy groups -OCH3 is 3. The zero-order valence-corrected chi connectivity index (χ0v) is 20.1. The number of aromatic nitrogens is 4. The predicted octanol–water partition coefficient (Wildman–Crippen LogP) is 6.03. The van der Waals surface area contributed by atoms with E-state index in [4.69, 9.17) is 28.1 Å². The third kappa shape index (κ3) is 3.52. The van der Waals surface area contributed by atoms with Gasteiger partial charge in [0.2, 0.25) is 5.75 Å². The fourth-order valence-electron chi connectivity index (χ4n) is 4.30. The lowest BCUT2D eigenvalue weighted by Gasteiger charge is -2.13. The number of hydrogen-bond donors (Lipinski definition) is 1. The van der Waals surface area contributed by atoms with Gasteiger partial charge in [-0.1, -0.05) is 11.2 Å². The molecule has 36 heavy (non-hydrogen) atoms. The molecule has 180 valence electrons. The molecule has 0 spiro atoms. The number of aromatic amines is 1. The van der Waals surface area contributed by atoms with Crippen LogP contribution in [0.15, 0.2) is 63.7 Å². The Morgan fingerprint density at radius 1 is 0.833 bits per heavy atom. The van der Waals surface area contributed by atoms with Gasteiger partial charge in [-0.05, 0) is 42.8 Å². The highest BCUT2D eigenvalue weighted by Crippen LogP contribution is 2.43. The number of benzene rings is 2. The Morgan fingerprint density at radius 2 is 1.64 bits per heavy atom. The summed E-state index contributed by atoms with van der Waals surface area (Å²) in [6.07, 6.45) is 1.77. The number of nitrogens with zero attached hydrogens (tertiary/aromatic N) is 3. The van der Waals surface area contributed by atoms with Crippen LogP contribution in [0.3, 0.4) is 0 Å². The van der Waals surface area contributed by atoms with Crippen LogP contribution in [0.2, 0.25) is 0 Å². The molecule has 2 aromatic carbocycles. The molecule has 0 aliphatic carbocycles. The van der Waals surface area contributed by atoms with Crippen LogP contribution >= 0.6 is 0 Å². The topological polar surface area (TPSA) is 108 Å². The summed E-state index contributed by atoms with van der Waals surface area (Å²) in [4.78, 5) is 12.5. The summed E-state index contributed by atoms with van der Waals surface area (Å²) in [6.45, 7) is 1.85. The highest BCUT2D eigenvalue weighted by atomic mass is 16.5. The van der Waals surface area contributed by atoms with E-state index in [1.165, 1.54) is 0 Å². The molecule has 0 amide bonds. The number of nitrogens with one attached hydrogen (secondary N) is 1. The second-order valence-corrected chi connectivity index (χ2v) is 8.24. The molecule has 0 atom stereocenters. The third-order valence-electron chi connectivity index (χ3n) is 6.03. The van der Waals surface area contributed by atoms with Gasteiger partial charge in [-0.2, -0.15) is 0 Å². The minimum atomic E-state index is 0.520. The first-order valence-corrected chi connectivity index (χ1v) is 11.2. The van der Waals surface area contributed by atoms with Crippen molar-refractivity contribution in [1.29, 1.82) is 0 Å². The second kappa shape index (κ2) is 8.46. The van der Waals surface area contributed by atoms with Crippen molar-refractivity contribution < 1.29 is 23.2 Å². The number of aryl methyl sites for hydroxylation is 1. The SMILES string of the molecule is COc1cc(-c2cc3nccc(-c4ccc5[nH]c(-c6cc(C)on6)nc5c4)c3o2)cc(OC)c1OC. The van der Waals surface area contributed by atoms with Crippen LogP contribution in [0.1, 0.15) is 5.76 Å². The van der Waals surface area contributed by atoms with Crippen LogP contribution in [-0.4, -0.2) is 41.4 Å². The van der Waals surface area contributed by atoms with Crippen molar-refractivity contribution in [3.05, 3.63) is 60.5 Å². The van der Waals surface area contributed by atoms with E-state index in [2.05, 4.69) is 15.1 Å². The molecule has 0 aliphatic rings. The lowest BCUT2D eigenvalue weighted by molar-refractivity contribution is 0.324. The standard InChI is InChI=1S/C27H22N4O5/c1-14-9-21(31-36-14)27-29-18-6-5-15(10-19(18)30-27)17-7-8-28-20-13-22(35-25(17)20)16-11-23(32-2)26(34-4)24(12-16)33-3/h5-13H,1-4H3,(H,29,30). The van der Waals surface area contributed by atoms with Crippen molar-refractivity contribution in [2.45, 2.75) is 6.92 Å². The molecule has 4 heterocycles. The zero-order valence-electron chi connectivity index (χ0n) is 20.1. The van der Waals surface area contributed by atoms with Gasteiger partial charge in [0.25, 0.3) is 0 Å². The zero-order chi connectivity index (χ0) is 24.8. The van der Waals surface area contributed by atoms with Gasteiger partial charge in [0, 0.05) is 29.5 Å². The maximum absolute atomic E-state index is 6.34. The van der Waals surface area contributed by atoms with Gasteiger partial charge < -0.3 is 28.1 Å². The first-order chi connectivity index (χ1) is 17.6. The number of hydrogen-bond acceptors (Lipinski definition) is 8. The minimum absolute atomic E-state index is 0.520. The molecule has 0 unspecified atom stereocenters. The van der Waals surface area contributed by atoms with Gasteiger partial charge in [-0.15, -0.1) is 0 Å². The van der Waals surface area contributed by atoms with E-state index in [0.29, 0.717) is 40.1 Å². The molecule has 0 bridgehead atoms. The molecule has 0 radical (unpaired) electrons. The molecular weight excluding hydrogens is 460 g/mol. The number of furan rings is 1. The summed E-state index contributed by atoms with van der Waals surface area (Å²) in [5.74, 6) is 3.62. The Kier molecular flexibility index (Phi) is 5.10. The van der Waals surface area contributed by atoms with Crippen molar-refractivity contribution in [1.82, 2.24) is 20.1 Å². The first kappa shape index (κ1) is 21.7. The number of H-pyrrole nitrogens is 1. The van der Waals surface area contributed by atoms with Crippen molar-refractivity contribution >= 4 is 22.1 Å². The highest BCUT2D eigenvalue weighted by molar-refractivity contribution is 5.95. The molecule has 9 nitrogen and oxygen atoms in total. The fraction of sp³-hybridized carbons (Fsp3) is 0.148. The van der Waals surface area contributed by atoms with E-state index < -0.39 is 0 Å². The lowest BCUT2D eigenvalue weighted by atomic mass is 10.1. The maximum atomic E-state index is 6.34. The van der Waals surface area contributed by atoms with Crippen LogP contribution in [-0.2, 0) is 0 Å². The average Bonchev–Trinajstić information content (AvgIpc) is 3.64. The molecular formula is C27H22N4O5. The molecule has 6 aromatic rings. The Bertz CT molecular complexity index is 1700. The Morgan fingerprint density at radius 3 is 2.33 bits per heavy atom. The predicted molar refractivity (Wildman–Crippen MR) is 134 cm³/mol. The highest BCUT2D eigenvalue weighted by Gasteiger charge is 2.18. The van der Waals surface area contributed by atoms with Crippen molar-refractivity contribution in [2.24, 2.45) is 0 Å². The molecule has 4 aromatic heterocycles. The Hall–Kier alpha value is -4.79. The molecule has 0 saturated carbocycles. The monoisotopic (exact) mass is 482 g/mol. The molecule has 0 fully saturated rings.